The number of anilines is 1. The lowest BCUT2D eigenvalue weighted by Crippen LogP contribution is -2.17. The molecule has 0 aliphatic heterocycles. The van der Waals surface area contributed by atoms with Crippen LogP contribution in [0.15, 0.2) is 18.2 Å². The van der Waals surface area contributed by atoms with Gasteiger partial charge in [-0.05, 0) is 18.2 Å². The summed E-state index contributed by atoms with van der Waals surface area (Å²) >= 11 is 0.994. The number of halogens is 4. The SMILES string of the molecule is Nc1nnc(-c2ccc(OC(F)(F)F)c(F)c2)s1. The van der Waals surface area contributed by atoms with E-state index in [0.29, 0.717) is 5.01 Å². The van der Waals surface area contributed by atoms with E-state index < -0.39 is 17.9 Å². The molecule has 1 aromatic carbocycles. The first-order valence-corrected chi connectivity index (χ1v) is 5.31. The van der Waals surface area contributed by atoms with Gasteiger partial charge >= 0.3 is 6.36 Å². The molecule has 0 unspecified atom stereocenters. The van der Waals surface area contributed by atoms with Crippen LogP contribution in [0, 0.1) is 5.82 Å². The van der Waals surface area contributed by atoms with Gasteiger partial charge in [0.2, 0.25) is 5.13 Å². The Morgan fingerprint density at radius 1 is 1.22 bits per heavy atom. The number of nitrogens with zero attached hydrogens (tertiary/aromatic N) is 2. The van der Waals surface area contributed by atoms with Gasteiger partial charge in [0.25, 0.3) is 0 Å². The molecule has 96 valence electrons. The molecule has 9 heteroatoms. The molecule has 0 spiro atoms. The van der Waals surface area contributed by atoms with Crippen LogP contribution in [0.3, 0.4) is 0 Å². The Bertz CT molecular complexity index is 569. The van der Waals surface area contributed by atoms with Crippen molar-refractivity contribution >= 4 is 16.5 Å². The van der Waals surface area contributed by atoms with Crippen LogP contribution in [0.2, 0.25) is 0 Å². The molecule has 0 amide bonds. The number of nitrogen functional groups attached to an aromatic ring is 1. The molecule has 0 saturated heterocycles. The van der Waals surface area contributed by atoms with Crippen molar-refractivity contribution in [2.24, 2.45) is 0 Å². The predicted molar refractivity (Wildman–Crippen MR) is 56.4 cm³/mol. The third kappa shape index (κ3) is 2.86. The Hall–Kier alpha value is -1.90. The van der Waals surface area contributed by atoms with Crippen molar-refractivity contribution in [1.82, 2.24) is 10.2 Å². The van der Waals surface area contributed by atoms with Gasteiger partial charge in [0.15, 0.2) is 11.6 Å². The third-order valence-electron chi connectivity index (χ3n) is 1.85. The summed E-state index contributed by atoms with van der Waals surface area (Å²) in [5, 5.41) is 7.65. The molecule has 0 aliphatic carbocycles. The lowest BCUT2D eigenvalue weighted by atomic mass is 10.2. The lowest BCUT2D eigenvalue weighted by Gasteiger charge is -2.09. The zero-order chi connectivity index (χ0) is 13.3. The summed E-state index contributed by atoms with van der Waals surface area (Å²) in [6, 6.07) is 2.99. The summed E-state index contributed by atoms with van der Waals surface area (Å²) in [4.78, 5) is 0. The predicted octanol–water partition coefficient (Wildman–Crippen LogP) is 2.83. The number of hydrogen-bond acceptors (Lipinski definition) is 5. The van der Waals surface area contributed by atoms with Gasteiger partial charge in [-0.15, -0.1) is 23.4 Å². The van der Waals surface area contributed by atoms with Crippen molar-refractivity contribution in [1.29, 1.82) is 0 Å². The standard InChI is InChI=1S/C9H5F4N3OS/c10-5-3-4(7-15-16-8(14)18-7)1-2-6(5)17-9(11,12)13/h1-3H,(H2,14,16). The maximum absolute atomic E-state index is 13.4. The fraction of sp³-hybridized carbons (Fsp3) is 0.111. The van der Waals surface area contributed by atoms with Gasteiger partial charge in [0.05, 0.1) is 0 Å². The van der Waals surface area contributed by atoms with Gasteiger partial charge in [-0.25, -0.2) is 4.39 Å². The average Bonchev–Trinajstić information content (AvgIpc) is 2.66. The largest absolute Gasteiger partial charge is 0.573 e. The summed E-state index contributed by atoms with van der Waals surface area (Å²) in [6.45, 7) is 0. The van der Waals surface area contributed by atoms with Crippen molar-refractivity contribution in [3.05, 3.63) is 24.0 Å². The topological polar surface area (TPSA) is 61.0 Å². The monoisotopic (exact) mass is 279 g/mol. The van der Waals surface area contributed by atoms with E-state index in [9.17, 15) is 17.6 Å². The Labute approximate surface area is 102 Å². The van der Waals surface area contributed by atoms with Gasteiger partial charge < -0.3 is 10.5 Å². The van der Waals surface area contributed by atoms with E-state index in [1.54, 1.807) is 0 Å². The average molecular weight is 279 g/mol. The van der Waals surface area contributed by atoms with E-state index in [2.05, 4.69) is 14.9 Å². The van der Waals surface area contributed by atoms with Crippen LogP contribution in [0.25, 0.3) is 10.6 Å². The minimum atomic E-state index is -4.93. The molecule has 0 aliphatic rings. The maximum Gasteiger partial charge on any atom is 0.573 e. The molecule has 0 atom stereocenters. The smallest absolute Gasteiger partial charge is 0.403 e. The third-order valence-corrected chi connectivity index (χ3v) is 2.65. The first kappa shape index (κ1) is 12.6. The Morgan fingerprint density at radius 2 is 1.94 bits per heavy atom. The number of benzene rings is 1. The van der Waals surface area contributed by atoms with Gasteiger partial charge in [-0.2, -0.15) is 0 Å². The van der Waals surface area contributed by atoms with E-state index in [-0.39, 0.29) is 10.7 Å². The minimum absolute atomic E-state index is 0.182. The molecule has 0 bridgehead atoms. The Kier molecular flexibility index (Phi) is 3.07. The summed E-state index contributed by atoms with van der Waals surface area (Å²) < 4.78 is 52.6. The van der Waals surface area contributed by atoms with E-state index in [1.807, 2.05) is 0 Å². The van der Waals surface area contributed by atoms with Crippen molar-refractivity contribution in [3.63, 3.8) is 0 Å². The highest BCUT2D eigenvalue weighted by Gasteiger charge is 2.32. The van der Waals surface area contributed by atoms with E-state index in [1.165, 1.54) is 6.07 Å². The van der Waals surface area contributed by atoms with Gasteiger partial charge in [-0.3, -0.25) is 0 Å². The molecule has 0 radical (unpaired) electrons. The Balaban J connectivity index is 2.30. The molecule has 2 aromatic rings. The second-order valence-corrected chi connectivity index (χ2v) is 4.15. The molecule has 1 aromatic heterocycles. The summed E-state index contributed by atoms with van der Waals surface area (Å²) in [5.41, 5.74) is 5.62. The quantitative estimate of drug-likeness (QED) is 0.859. The molecule has 0 saturated carbocycles. The second-order valence-electron chi connectivity index (χ2n) is 3.14. The van der Waals surface area contributed by atoms with Crippen LogP contribution in [0.4, 0.5) is 22.7 Å². The van der Waals surface area contributed by atoms with E-state index >= 15 is 0 Å². The number of nitrogens with two attached hydrogens (primary N) is 1. The first-order chi connectivity index (χ1) is 8.35. The highest BCUT2D eigenvalue weighted by molar-refractivity contribution is 7.18. The van der Waals surface area contributed by atoms with Crippen LogP contribution >= 0.6 is 11.3 Å². The fourth-order valence-corrected chi connectivity index (χ4v) is 1.80. The fourth-order valence-electron chi connectivity index (χ4n) is 1.19. The van der Waals surface area contributed by atoms with Crippen molar-refractivity contribution in [2.45, 2.75) is 6.36 Å². The zero-order valence-corrected chi connectivity index (χ0v) is 9.35. The van der Waals surface area contributed by atoms with Crippen molar-refractivity contribution in [2.75, 3.05) is 5.73 Å². The molecule has 18 heavy (non-hydrogen) atoms. The summed E-state index contributed by atoms with van der Waals surface area (Å²) in [7, 11) is 0. The molecule has 2 rings (SSSR count). The number of hydrogen-bond donors (Lipinski definition) is 1. The van der Waals surface area contributed by atoms with E-state index in [4.69, 9.17) is 5.73 Å². The van der Waals surface area contributed by atoms with Gasteiger partial charge in [0, 0.05) is 5.56 Å². The minimum Gasteiger partial charge on any atom is -0.403 e. The van der Waals surface area contributed by atoms with E-state index in [0.717, 1.165) is 23.5 Å². The number of aromatic nitrogens is 2. The van der Waals surface area contributed by atoms with Gasteiger partial charge in [-0.1, -0.05) is 11.3 Å². The Morgan fingerprint density at radius 3 is 2.44 bits per heavy atom. The van der Waals surface area contributed by atoms with Crippen LogP contribution in [0.1, 0.15) is 0 Å². The summed E-state index contributed by atoms with van der Waals surface area (Å²) in [6.07, 6.45) is -4.93. The maximum atomic E-state index is 13.4. The molecule has 0 fully saturated rings. The number of rotatable bonds is 2. The normalized spacial score (nSPS) is 11.6. The number of alkyl halides is 3. The summed E-state index contributed by atoms with van der Waals surface area (Å²) in [5.74, 6) is -2.04. The molecular weight excluding hydrogens is 274 g/mol. The van der Waals surface area contributed by atoms with Crippen LogP contribution in [-0.4, -0.2) is 16.6 Å². The zero-order valence-electron chi connectivity index (χ0n) is 8.53. The highest BCUT2D eigenvalue weighted by Crippen LogP contribution is 2.31. The van der Waals surface area contributed by atoms with Crippen LogP contribution in [-0.2, 0) is 0 Å². The van der Waals surface area contributed by atoms with Crippen molar-refractivity contribution in [3.8, 4) is 16.3 Å². The van der Waals surface area contributed by atoms with Gasteiger partial charge in [0.1, 0.15) is 5.01 Å². The highest BCUT2D eigenvalue weighted by atomic mass is 32.1. The molecule has 1 heterocycles. The van der Waals surface area contributed by atoms with Crippen LogP contribution < -0.4 is 10.5 Å². The molecule has 4 nitrogen and oxygen atoms in total. The second kappa shape index (κ2) is 4.41. The first-order valence-electron chi connectivity index (χ1n) is 4.50. The van der Waals surface area contributed by atoms with Crippen molar-refractivity contribution < 1.29 is 22.3 Å². The molecular formula is C9H5F4N3OS. The number of ether oxygens (including phenoxy) is 1. The van der Waals surface area contributed by atoms with Crippen LogP contribution in [0.5, 0.6) is 5.75 Å². The molecule has 2 N–H and O–H groups in total. The lowest BCUT2D eigenvalue weighted by molar-refractivity contribution is -0.275.